The van der Waals surface area contributed by atoms with E-state index in [-0.39, 0.29) is 11.0 Å². The number of rotatable bonds is 7. The summed E-state index contributed by atoms with van der Waals surface area (Å²) in [6, 6.07) is 13.8. The highest BCUT2D eigenvalue weighted by molar-refractivity contribution is 7.92. The van der Waals surface area contributed by atoms with Crippen LogP contribution in [0.25, 0.3) is 0 Å². The van der Waals surface area contributed by atoms with Crippen LogP contribution >= 0.6 is 0 Å². The molecule has 0 saturated carbocycles. The molecule has 1 fully saturated rings. The number of nitrogens with zero attached hydrogens (tertiary/aromatic N) is 1. The second-order valence-corrected chi connectivity index (χ2v) is 7.83. The maximum Gasteiger partial charge on any atom is 0.261 e. The minimum Gasteiger partial charge on any atom is -0.494 e. The molecule has 1 aliphatic heterocycles. The highest BCUT2D eigenvalue weighted by Gasteiger charge is 2.22. The van der Waals surface area contributed by atoms with Crippen molar-refractivity contribution in [1.82, 2.24) is 0 Å². The molecule has 1 heterocycles. The topological polar surface area (TPSA) is 67.9 Å². The lowest BCUT2D eigenvalue weighted by Crippen LogP contribution is -2.22. The van der Waals surface area contributed by atoms with Crippen LogP contribution in [0.2, 0.25) is 0 Å². The average Bonchev–Trinajstić information content (AvgIpc) is 3.12. The van der Waals surface area contributed by atoms with Crippen LogP contribution in [-0.2, 0) is 14.8 Å². The summed E-state index contributed by atoms with van der Waals surface area (Å²) in [4.78, 5) is 2.44. The number of methoxy groups -OCH3 is 1. The molecule has 0 spiro atoms. The Morgan fingerprint density at radius 1 is 1.12 bits per heavy atom. The summed E-state index contributed by atoms with van der Waals surface area (Å²) in [5.74, 6) is 0.649. The van der Waals surface area contributed by atoms with Crippen LogP contribution in [0.15, 0.2) is 53.4 Å². The molecule has 26 heavy (non-hydrogen) atoms. The van der Waals surface area contributed by atoms with E-state index in [0.29, 0.717) is 18.0 Å². The van der Waals surface area contributed by atoms with Gasteiger partial charge in [-0.1, -0.05) is 0 Å². The molecule has 1 aliphatic rings. The van der Waals surface area contributed by atoms with Crippen molar-refractivity contribution in [3.8, 4) is 5.75 Å². The van der Waals surface area contributed by atoms with Gasteiger partial charge in [0.25, 0.3) is 10.0 Å². The molecule has 6 nitrogen and oxygen atoms in total. The largest absolute Gasteiger partial charge is 0.494 e. The normalized spacial score (nSPS) is 17.3. The lowest BCUT2D eigenvalue weighted by Gasteiger charge is -2.19. The molecular formula is C19H24N2O4S. The summed E-state index contributed by atoms with van der Waals surface area (Å²) < 4.78 is 38.4. The Morgan fingerprint density at radius 2 is 1.81 bits per heavy atom. The summed E-state index contributed by atoms with van der Waals surface area (Å²) in [5.41, 5.74) is 1.60. The van der Waals surface area contributed by atoms with Crippen LogP contribution in [0, 0.1) is 0 Å². The Bertz CT molecular complexity index is 820. The van der Waals surface area contributed by atoms with Crippen LogP contribution in [0.5, 0.6) is 5.75 Å². The molecule has 1 atom stereocenters. The molecule has 140 valence electrons. The summed E-state index contributed by atoms with van der Waals surface area (Å²) in [5, 5.41) is 0. The maximum absolute atomic E-state index is 12.5. The standard InChI is InChI=1S/C19H24N2O4S/c1-3-25-17-8-10-19(11-9-17)26(22,23)20-15-4-6-16(7-5-15)21-13-12-18(14-21)24-2/h4-11,18,20H,3,12-14H2,1-2H3. The molecule has 0 radical (unpaired) electrons. The van der Waals surface area contributed by atoms with Crippen molar-refractivity contribution >= 4 is 21.4 Å². The molecule has 1 N–H and O–H groups in total. The fourth-order valence-electron chi connectivity index (χ4n) is 2.99. The van der Waals surface area contributed by atoms with Gasteiger partial charge in [-0.05, 0) is 61.9 Å². The van der Waals surface area contributed by atoms with Gasteiger partial charge in [-0.15, -0.1) is 0 Å². The predicted octanol–water partition coefficient (Wildman–Crippen LogP) is 3.11. The van der Waals surface area contributed by atoms with Gasteiger partial charge in [-0.25, -0.2) is 8.42 Å². The van der Waals surface area contributed by atoms with E-state index < -0.39 is 10.0 Å². The van der Waals surface area contributed by atoms with Crippen LogP contribution in [-0.4, -0.2) is 41.3 Å². The Balaban J connectivity index is 1.68. The zero-order valence-corrected chi connectivity index (χ0v) is 15.8. The molecule has 1 unspecified atom stereocenters. The monoisotopic (exact) mass is 376 g/mol. The molecule has 0 aromatic heterocycles. The van der Waals surface area contributed by atoms with Gasteiger partial charge in [-0.2, -0.15) is 0 Å². The van der Waals surface area contributed by atoms with E-state index in [1.54, 1.807) is 31.4 Å². The van der Waals surface area contributed by atoms with E-state index in [2.05, 4.69) is 9.62 Å². The third-order valence-corrected chi connectivity index (χ3v) is 5.81. The summed E-state index contributed by atoms with van der Waals surface area (Å²) in [6.07, 6.45) is 1.26. The Morgan fingerprint density at radius 3 is 2.38 bits per heavy atom. The maximum atomic E-state index is 12.5. The molecule has 2 aromatic rings. The van der Waals surface area contributed by atoms with Crippen molar-refractivity contribution in [1.29, 1.82) is 0 Å². The highest BCUT2D eigenvalue weighted by Crippen LogP contribution is 2.25. The van der Waals surface area contributed by atoms with Crippen molar-refractivity contribution in [3.63, 3.8) is 0 Å². The molecule has 7 heteroatoms. The molecule has 0 amide bonds. The number of hydrogen-bond acceptors (Lipinski definition) is 5. The van der Waals surface area contributed by atoms with E-state index in [1.807, 2.05) is 19.1 Å². The number of ether oxygens (including phenoxy) is 2. The summed E-state index contributed by atoms with van der Waals surface area (Å²) in [6.45, 7) is 4.22. The number of anilines is 2. The first-order chi connectivity index (χ1) is 12.5. The highest BCUT2D eigenvalue weighted by atomic mass is 32.2. The summed E-state index contributed by atoms with van der Waals surface area (Å²) >= 11 is 0. The first-order valence-corrected chi connectivity index (χ1v) is 10.1. The molecule has 1 saturated heterocycles. The van der Waals surface area contributed by atoms with Crippen LogP contribution in [0.3, 0.4) is 0 Å². The van der Waals surface area contributed by atoms with Gasteiger partial charge in [0.15, 0.2) is 0 Å². The third kappa shape index (κ3) is 4.28. The van der Waals surface area contributed by atoms with Gasteiger partial charge in [-0.3, -0.25) is 4.72 Å². The fourth-order valence-corrected chi connectivity index (χ4v) is 4.05. The molecular weight excluding hydrogens is 352 g/mol. The predicted molar refractivity (Wildman–Crippen MR) is 102 cm³/mol. The van der Waals surface area contributed by atoms with Crippen molar-refractivity contribution in [3.05, 3.63) is 48.5 Å². The van der Waals surface area contributed by atoms with Crippen LogP contribution in [0.4, 0.5) is 11.4 Å². The Hall–Kier alpha value is -2.25. The fraction of sp³-hybridized carbons (Fsp3) is 0.368. The number of sulfonamides is 1. The minimum atomic E-state index is -3.63. The van der Waals surface area contributed by atoms with Crippen LogP contribution in [0.1, 0.15) is 13.3 Å². The first kappa shape index (κ1) is 18.5. The smallest absolute Gasteiger partial charge is 0.261 e. The second kappa shape index (κ2) is 7.97. The van der Waals surface area contributed by atoms with Gasteiger partial charge in [0.05, 0.1) is 17.6 Å². The van der Waals surface area contributed by atoms with Gasteiger partial charge in [0.1, 0.15) is 5.75 Å². The van der Waals surface area contributed by atoms with Crippen molar-refractivity contribution in [2.45, 2.75) is 24.3 Å². The van der Waals surface area contributed by atoms with Crippen LogP contribution < -0.4 is 14.4 Å². The molecule has 0 bridgehead atoms. The second-order valence-electron chi connectivity index (χ2n) is 6.15. The Kier molecular flexibility index (Phi) is 5.68. The van der Waals surface area contributed by atoms with E-state index in [9.17, 15) is 8.42 Å². The average molecular weight is 376 g/mol. The van der Waals surface area contributed by atoms with Crippen molar-refractivity contribution < 1.29 is 17.9 Å². The van der Waals surface area contributed by atoms with E-state index in [1.165, 1.54) is 12.1 Å². The lowest BCUT2D eigenvalue weighted by molar-refractivity contribution is 0.121. The minimum absolute atomic E-state index is 0.201. The quantitative estimate of drug-likeness (QED) is 0.804. The van der Waals surface area contributed by atoms with E-state index >= 15 is 0 Å². The van der Waals surface area contributed by atoms with Gasteiger partial charge < -0.3 is 14.4 Å². The molecule has 0 aliphatic carbocycles. The number of hydrogen-bond donors (Lipinski definition) is 1. The lowest BCUT2D eigenvalue weighted by atomic mass is 10.2. The molecule has 2 aromatic carbocycles. The SMILES string of the molecule is CCOc1ccc(S(=O)(=O)Nc2ccc(N3CCC(OC)C3)cc2)cc1. The number of nitrogens with one attached hydrogen (secondary N) is 1. The molecule has 3 rings (SSSR count). The summed E-state index contributed by atoms with van der Waals surface area (Å²) in [7, 11) is -1.90. The third-order valence-electron chi connectivity index (χ3n) is 4.41. The first-order valence-electron chi connectivity index (χ1n) is 8.65. The van der Waals surface area contributed by atoms with Gasteiger partial charge >= 0.3 is 0 Å². The van der Waals surface area contributed by atoms with Gasteiger partial charge in [0, 0.05) is 31.6 Å². The van der Waals surface area contributed by atoms with Crippen molar-refractivity contribution in [2.24, 2.45) is 0 Å². The van der Waals surface area contributed by atoms with Crippen molar-refractivity contribution in [2.75, 3.05) is 36.4 Å². The Labute approximate surface area is 154 Å². The van der Waals surface area contributed by atoms with E-state index in [0.717, 1.165) is 25.2 Å². The zero-order valence-electron chi connectivity index (χ0n) is 15.0. The van der Waals surface area contributed by atoms with E-state index in [4.69, 9.17) is 9.47 Å². The van der Waals surface area contributed by atoms with Gasteiger partial charge in [0.2, 0.25) is 0 Å². The zero-order chi connectivity index (χ0) is 18.6. The number of benzene rings is 2.